The molecule has 9 heteroatoms. The van der Waals surface area contributed by atoms with E-state index in [1.54, 1.807) is 18.4 Å². The molecular formula is C18H34IN5O2S. The molecule has 3 N–H and O–H groups in total. The highest BCUT2D eigenvalue weighted by Crippen LogP contribution is 2.22. The van der Waals surface area contributed by atoms with Gasteiger partial charge in [0.2, 0.25) is 0 Å². The van der Waals surface area contributed by atoms with E-state index in [1.165, 1.54) is 4.88 Å². The monoisotopic (exact) mass is 511 g/mol. The van der Waals surface area contributed by atoms with Crippen molar-refractivity contribution >= 4 is 47.4 Å². The number of nitrogens with one attached hydrogen (secondary N) is 3. The molecule has 0 saturated heterocycles. The summed E-state index contributed by atoms with van der Waals surface area (Å²) in [6, 6.07) is 4.51. The van der Waals surface area contributed by atoms with E-state index in [0.717, 1.165) is 18.9 Å². The smallest absolute Gasteiger partial charge is 0.407 e. The van der Waals surface area contributed by atoms with E-state index in [1.807, 2.05) is 20.8 Å². The lowest BCUT2D eigenvalue weighted by Crippen LogP contribution is -2.42. The van der Waals surface area contributed by atoms with Crippen LogP contribution in [0, 0.1) is 0 Å². The number of rotatable bonds is 8. The first kappa shape index (κ1) is 25.9. The number of carbonyl (C=O) groups is 1. The SMILES string of the molecule is CN=C(NCCCNC(=O)OC(C)(C)C)NCC(c1cccs1)N(C)C.I. The number of amides is 1. The van der Waals surface area contributed by atoms with Gasteiger partial charge >= 0.3 is 6.09 Å². The number of carbonyl (C=O) groups excluding carboxylic acids is 1. The van der Waals surface area contributed by atoms with E-state index >= 15 is 0 Å². The highest BCUT2D eigenvalue weighted by molar-refractivity contribution is 14.0. The molecule has 0 aliphatic heterocycles. The van der Waals surface area contributed by atoms with Crippen LogP contribution in [0.4, 0.5) is 4.79 Å². The maximum absolute atomic E-state index is 11.6. The average Bonchev–Trinajstić information content (AvgIpc) is 3.04. The fourth-order valence-corrected chi connectivity index (χ4v) is 3.15. The second-order valence-corrected chi connectivity index (χ2v) is 8.14. The number of thiophene rings is 1. The summed E-state index contributed by atoms with van der Waals surface area (Å²) >= 11 is 1.76. The topological polar surface area (TPSA) is 78.0 Å². The minimum atomic E-state index is -0.472. The number of hydrogen-bond acceptors (Lipinski definition) is 5. The number of aliphatic imine (C=N–C) groups is 1. The Morgan fingerprint density at radius 1 is 1.26 bits per heavy atom. The van der Waals surface area contributed by atoms with Gasteiger partial charge in [-0.25, -0.2) is 4.79 Å². The fourth-order valence-electron chi connectivity index (χ4n) is 2.23. The Kier molecular flexibility index (Phi) is 12.6. The Labute approximate surface area is 184 Å². The normalized spacial score (nSPS) is 12.9. The Morgan fingerprint density at radius 2 is 1.93 bits per heavy atom. The number of guanidine groups is 1. The summed E-state index contributed by atoms with van der Waals surface area (Å²) in [5.41, 5.74) is -0.472. The maximum Gasteiger partial charge on any atom is 0.407 e. The molecule has 1 unspecified atom stereocenters. The van der Waals surface area contributed by atoms with Crippen LogP contribution in [0.1, 0.15) is 38.1 Å². The third-order valence-corrected chi connectivity index (χ3v) is 4.47. The van der Waals surface area contributed by atoms with Gasteiger partial charge in [-0.05, 0) is 52.7 Å². The van der Waals surface area contributed by atoms with Crippen molar-refractivity contribution in [3.8, 4) is 0 Å². The molecular weight excluding hydrogens is 477 g/mol. The lowest BCUT2D eigenvalue weighted by molar-refractivity contribution is 0.0527. The van der Waals surface area contributed by atoms with Crippen LogP contribution in [0.5, 0.6) is 0 Å². The molecule has 0 aliphatic carbocycles. The molecule has 7 nitrogen and oxygen atoms in total. The summed E-state index contributed by atoms with van der Waals surface area (Å²) in [6.45, 7) is 7.57. The van der Waals surface area contributed by atoms with E-state index in [9.17, 15) is 4.79 Å². The van der Waals surface area contributed by atoms with Gasteiger partial charge in [0, 0.05) is 31.6 Å². The highest BCUT2D eigenvalue weighted by Gasteiger charge is 2.16. The molecule has 27 heavy (non-hydrogen) atoms. The van der Waals surface area contributed by atoms with E-state index < -0.39 is 5.60 Å². The van der Waals surface area contributed by atoms with Gasteiger partial charge in [0.1, 0.15) is 5.60 Å². The lowest BCUT2D eigenvalue weighted by Gasteiger charge is -2.24. The second kappa shape index (κ2) is 13.2. The van der Waals surface area contributed by atoms with Crippen LogP contribution in [0.2, 0.25) is 0 Å². The van der Waals surface area contributed by atoms with Crippen molar-refractivity contribution in [1.82, 2.24) is 20.9 Å². The second-order valence-electron chi connectivity index (χ2n) is 7.16. The van der Waals surface area contributed by atoms with Crippen molar-refractivity contribution < 1.29 is 9.53 Å². The summed E-state index contributed by atoms with van der Waals surface area (Å²) in [6.07, 6.45) is 0.395. The van der Waals surface area contributed by atoms with Gasteiger partial charge in [-0.3, -0.25) is 4.99 Å². The molecule has 0 fully saturated rings. The quantitative estimate of drug-likeness (QED) is 0.217. The molecule has 0 radical (unpaired) electrons. The average molecular weight is 511 g/mol. The number of halogens is 1. The number of hydrogen-bond donors (Lipinski definition) is 3. The molecule has 0 saturated carbocycles. The molecule has 156 valence electrons. The summed E-state index contributed by atoms with van der Waals surface area (Å²) < 4.78 is 5.20. The molecule has 0 bridgehead atoms. The van der Waals surface area contributed by atoms with Crippen molar-refractivity contribution in [3.05, 3.63) is 22.4 Å². The molecule has 1 atom stereocenters. The van der Waals surface area contributed by atoms with Crippen LogP contribution >= 0.6 is 35.3 Å². The van der Waals surface area contributed by atoms with Gasteiger partial charge < -0.3 is 25.6 Å². The Morgan fingerprint density at radius 3 is 2.44 bits per heavy atom. The van der Waals surface area contributed by atoms with E-state index in [0.29, 0.717) is 19.1 Å². The minimum Gasteiger partial charge on any atom is -0.444 e. The van der Waals surface area contributed by atoms with E-state index in [-0.39, 0.29) is 30.1 Å². The largest absolute Gasteiger partial charge is 0.444 e. The highest BCUT2D eigenvalue weighted by atomic mass is 127. The number of alkyl carbamates (subject to hydrolysis) is 1. The number of ether oxygens (including phenoxy) is 1. The van der Waals surface area contributed by atoms with Crippen molar-refractivity contribution in [2.45, 2.75) is 38.8 Å². The van der Waals surface area contributed by atoms with Crippen LogP contribution in [0.25, 0.3) is 0 Å². The molecule has 0 aromatic carbocycles. The van der Waals surface area contributed by atoms with Crippen LogP contribution < -0.4 is 16.0 Å². The molecule has 0 aliphatic rings. The Hall–Kier alpha value is -1.07. The van der Waals surface area contributed by atoms with Gasteiger partial charge in [0.15, 0.2) is 5.96 Å². The fraction of sp³-hybridized carbons (Fsp3) is 0.667. The zero-order chi connectivity index (χ0) is 19.6. The number of nitrogens with zero attached hydrogens (tertiary/aromatic N) is 2. The van der Waals surface area contributed by atoms with Crippen molar-refractivity contribution in [2.75, 3.05) is 40.8 Å². The van der Waals surface area contributed by atoms with Crippen molar-refractivity contribution in [1.29, 1.82) is 0 Å². The van der Waals surface area contributed by atoms with Gasteiger partial charge in [-0.15, -0.1) is 35.3 Å². The van der Waals surface area contributed by atoms with Gasteiger partial charge in [-0.1, -0.05) is 6.07 Å². The maximum atomic E-state index is 11.6. The first-order valence-corrected chi connectivity index (χ1v) is 9.72. The summed E-state index contributed by atoms with van der Waals surface area (Å²) in [7, 11) is 5.90. The molecule has 1 aromatic rings. The summed E-state index contributed by atoms with van der Waals surface area (Å²) in [5, 5.41) is 11.5. The predicted molar refractivity (Wildman–Crippen MR) is 124 cm³/mol. The Bertz CT molecular complexity index is 559. The van der Waals surface area contributed by atoms with Crippen LogP contribution in [0.15, 0.2) is 22.5 Å². The first-order valence-electron chi connectivity index (χ1n) is 8.84. The van der Waals surface area contributed by atoms with Gasteiger partial charge in [-0.2, -0.15) is 0 Å². The van der Waals surface area contributed by atoms with Crippen LogP contribution in [-0.2, 0) is 4.74 Å². The zero-order valence-corrected chi connectivity index (χ0v) is 20.3. The number of likely N-dealkylation sites (N-methyl/N-ethyl adjacent to an activating group) is 1. The lowest BCUT2D eigenvalue weighted by atomic mass is 10.2. The van der Waals surface area contributed by atoms with E-state index in [2.05, 4.69) is 57.5 Å². The van der Waals surface area contributed by atoms with Crippen LogP contribution in [-0.4, -0.2) is 63.3 Å². The first-order chi connectivity index (χ1) is 12.2. The van der Waals surface area contributed by atoms with Gasteiger partial charge in [0.05, 0.1) is 6.04 Å². The third kappa shape index (κ3) is 11.4. The molecule has 0 spiro atoms. The molecule has 1 amide bonds. The molecule has 1 rings (SSSR count). The molecule has 1 heterocycles. The van der Waals surface area contributed by atoms with Crippen molar-refractivity contribution in [3.63, 3.8) is 0 Å². The predicted octanol–water partition coefficient (Wildman–Crippen LogP) is 3.05. The molecule has 1 aromatic heterocycles. The third-order valence-electron chi connectivity index (χ3n) is 3.50. The summed E-state index contributed by atoms with van der Waals surface area (Å²) in [5.74, 6) is 0.755. The summed E-state index contributed by atoms with van der Waals surface area (Å²) in [4.78, 5) is 19.3. The van der Waals surface area contributed by atoms with Gasteiger partial charge in [0.25, 0.3) is 0 Å². The standard InChI is InChI=1S/C18H33N5O2S.HI/c1-18(2,3)25-17(24)21-11-8-10-20-16(19-4)22-13-14(23(5)6)15-9-7-12-26-15;/h7,9,12,14H,8,10-11,13H2,1-6H3,(H,21,24)(H2,19,20,22);1H. The Balaban J connectivity index is 0.00000676. The minimum absolute atomic E-state index is 0. The zero-order valence-electron chi connectivity index (χ0n) is 17.2. The van der Waals surface area contributed by atoms with Crippen LogP contribution in [0.3, 0.4) is 0 Å². The van der Waals surface area contributed by atoms with Crippen molar-refractivity contribution in [2.24, 2.45) is 4.99 Å². The van der Waals surface area contributed by atoms with E-state index in [4.69, 9.17) is 4.74 Å².